The Morgan fingerprint density at radius 1 is 1.10 bits per heavy atom. The third kappa shape index (κ3) is 3.42. The highest BCUT2D eigenvalue weighted by molar-refractivity contribution is 9.10. The molecule has 0 saturated carbocycles. The fourth-order valence-corrected chi connectivity index (χ4v) is 3.76. The van der Waals surface area contributed by atoms with Gasteiger partial charge in [0.05, 0.1) is 17.5 Å². The van der Waals surface area contributed by atoms with Gasteiger partial charge in [-0.05, 0) is 64.7 Å². The molecule has 0 heterocycles. The van der Waals surface area contributed by atoms with Crippen molar-refractivity contribution in [2.45, 2.75) is 19.2 Å². The lowest BCUT2D eigenvalue weighted by atomic mass is 9.96. The molecule has 21 heavy (non-hydrogen) atoms. The van der Waals surface area contributed by atoms with Gasteiger partial charge >= 0.3 is 0 Å². The second-order valence-electron chi connectivity index (χ2n) is 4.78. The maximum atomic E-state index is 6.72. The molecule has 0 saturated heterocycles. The number of aryl methyl sites for hydroxylation is 1. The van der Waals surface area contributed by atoms with Gasteiger partial charge in [-0.1, -0.05) is 33.6 Å². The van der Waals surface area contributed by atoms with E-state index in [1.165, 1.54) is 0 Å². The van der Waals surface area contributed by atoms with E-state index >= 15 is 0 Å². The second-order valence-corrected chi connectivity index (χ2v) is 7.34. The Kier molecular flexibility index (Phi) is 5.64. The first kappa shape index (κ1) is 17.1. The van der Waals surface area contributed by atoms with Crippen LogP contribution in [0, 0.1) is 13.8 Å². The molecule has 0 fully saturated rings. The van der Waals surface area contributed by atoms with Gasteiger partial charge in [-0.15, -0.1) is 11.6 Å². The third-order valence-corrected chi connectivity index (χ3v) is 5.91. The Morgan fingerprint density at radius 3 is 2.33 bits per heavy atom. The zero-order valence-corrected chi connectivity index (χ0v) is 16.5. The zero-order chi connectivity index (χ0) is 15.7. The molecule has 0 aliphatic heterocycles. The van der Waals surface area contributed by atoms with Crippen molar-refractivity contribution in [3.63, 3.8) is 0 Å². The summed E-state index contributed by atoms with van der Waals surface area (Å²) in [6, 6.07) is 7.75. The molecule has 0 aliphatic rings. The Balaban J connectivity index is 2.62. The highest BCUT2D eigenvalue weighted by Gasteiger charge is 2.22. The van der Waals surface area contributed by atoms with Crippen molar-refractivity contribution in [2.75, 3.05) is 7.11 Å². The summed E-state index contributed by atoms with van der Waals surface area (Å²) in [7, 11) is 1.67. The van der Waals surface area contributed by atoms with E-state index in [0.29, 0.717) is 5.02 Å². The smallest absolute Gasteiger partial charge is 0.127 e. The monoisotopic (exact) mass is 450 g/mol. The van der Waals surface area contributed by atoms with E-state index in [2.05, 4.69) is 31.9 Å². The minimum absolute atomic E-state index is 0.315. The number of hydrogen-bond donors (Lipinski definition) is 0. The fourth-order valence-electron chi connectivity index (χ4n) is 2.29. The first-order valence-corrected chi connectivity index (χ1v) is 8.69. The van der Waals surface area contributed by atoms with E-state index in [0.717, 1.165) is 36.9 Å². The molecule has 2 aromatic rings. The number of halogens is 4. The van der Waals surface area contributed by atoms with Crippen LogP contribution in [0.4, 0.5) is 0 Å². The van der Waals surface area contributed by atoms with Gasteiger partial charge in [0, 0.05) is 14.5 Å². The topological polar surface area (TPSA) is 9.23 Å². The Hall–Kier alpha value is -0.220. The van der Waals surface area contributed by atoms with Crippen molar-refractivity contribution in [3.05, 3.63) is 60.5 Å². The van der Waals surface area contributed by atoms with Crippen molar-refractivity contribution in [3.8, 4) is 5.75 Å². The van der Waals surface area contributed by atoms with E-state index in [4.69, 9.17) is 27.9 Å². The van der Waals surface area contributed by atoms with Gasteiger partial charge in [0.25, 0.3) is 0 Å². The number of rotatable bonds is 3. The molecule has 1 atom stereocenters. The van der Waals surface area contributed by atoms with Crippen LogP contribution >= 0.6 is 55.1 Å². The lowest BCUT2D eigenvalue weighted by Crippen LogP contribution is -2.03. The first-order valence-electron chi connectivity index (χ1n) is 6.29. The van der Waals surface area contributed by atoms with Crippen LogP contribution in [0.15, 0.2) is 33.2 Å². The third-order valence-electron chi connectivity index (χ3n) is 3.40. The summed E-state index contributed by atoms with van der Waals surface area (Å²) in [5.74, 6) is 0.821. The summed E-state index contributed by atoms with van der Waals surface area (Å²) in [5.41, 5.74) is 4.05. The molecule has 0 spiro atoms. The molecule has 1 nitrogen and oxygen atoms in total. The predicted octanol–water partition coefficient (Wildman–Crippen LogP) is 6.82. The van der Waals surface area contributed by atoms with Crippen molar-refractivity contribution in [1.29, 1.82) is 0 Å². The van der Waals surface area contributed by atoms with E-state index in [1.807, 2.05) is 38.1 Å². The summed E-state index contributed by atoms with van der Waals surface area (Å²) >= 11 is 19.8. The number of benzene rings is 2. The predicted molar refractivity (Wildman–Crippen MR) is 97.0 cm³/mol. The van der Waals surface area contributed by atoms with Gasteiger partial charge in [0.2, 0.25) is 0 Å². The molecule has 0 amide bonds. The van der Waals surface area contributed by atoms with Crippen LogP contribution in [-0.2, 0) is 0 Å². The Labute approximate surface area is 151 Å². The molecule has 0 bridgehead atoms. The number of methoxy groups -OCH3 is 1. The van der Waals surface area contributed by atoms with Gasteiger partial charge in [-0.3, -0.25) is 0 Å². The van der Waals surface area contributed by atoms with E-state index in [9.17, 15) is 0 Å². The van der Waals surface area contributed by atoms with Gasteiger partial charge in [0.15, 0.2) is 0 Å². The summed E-state index contributed by atoms with van der Waals surface area (Å²) in [6.45, 7) is 4.04. The lowest BCUT2D eigenvalue weighted by Gasteiger charge is -2.20. The average molecular weight is 453 g/mol. The lowest BCUT2D eigenvalue weighted by molar-refractivity contribution is 0.406. The van der Waals surface area contributed by atoms with E-state index < -0.39 is 0 Å². The van der Waals surface area contributed by atoms with Crippen LogP contribution in [0.5, 0.6) is 5.75 Å². The summed E-state index contributed by atoms with van der Waals surface area (Å²) in [6.07, 6.45) is 0. The molecule has 0 aromatic heterocycles. The first-order chi connectivity index (χ1) is 9.86. The molecule has 112 valence electrons. The highest BCUT2D eigenvalue weighted by atomic mass is 79.9. The normalized spacial score (nSPS) is 12.3. The molecule has 1 unspecified atom stereocenters. The SMILES string of the molecule is COc1c(C)cc(Br)c(C)c1C(Cl)c1ccc(Cl)c(Br)c1. The summed E-state index contributed by atoms with van der Waals surface area (Å²) in [5, 5.41) is 0.349. The molecular weight excluding hydrogens is 439 g/mol. The quantitative estimate of drug-likeness (QED) is 0.464. The van der Waals surface area contributed by atoms with Crippen LogP contribution in [-0.4, -0.2) is 7.11 Å². The minimum atomic E-state index is -0.315. The van der Waals surface area contributed by atoms with Crippen molar-refractivity contribution >= 4 is 55.1 Å². The van der Waals surface area contributed by atoms with Crippen molar-refractivity contribution < 1.29 is 4.74 Å². The molecule has 2 rings (SSSR count). The van der Waals surface area contributed by atoms with Gasteiger partial charge in [-0.25, -0.2) is 0 Å². The largest absolute Gasteiger partial charge is 0.496 e. The molecule has 0 radical (unpaired) electrons. The second kappa shape index (κ2) is 6.91. The van der Waals surface area contributed by atoms with Crippen LogP contribution in [0.25, 0.3) is 0 Å². The Bertz CT molecular complexity index is 686. The maximum Gasteiger partial charge on any atom is 0.127 e. The number of alkyl halides is 1. The number of ether oxygens (including phenoxy) is 1. The summed E-state index contributed by atoms with van der Waals surface area (Å²) in [4.78, 5) is 0. The molecular formula is C16H14Br2Cl2O. The highest BCUT2D eigenvalue weighted by Crippen LogP contribution is 2.42. The summed E-state index contributed by atoms with van der Waals surface area (Å²) < 4.78 is 7.42. The zero-order valence-electron chi connectivity index (χ0n) is 11.8. The molecule has 0 N–H and O–H groups in total. The Morgan fingerprint density at radius 2 is 1.76 bits per heavy atom. The van der Waals surface area contributed by atoms with E-state index in [1.54, 1.807) is 7.11 Å². The fraction of sp³-hybridized carbons (Fsp3) is 0.250. The maximum absolute atomic E-state index is 6.72. The van der Waals surface area contributed by atoms with Gasteiger partial charge in [-0.2, -0.15) is 0 Å². The van der Waals surface area contributed by atoms with Crippen molar-refractivity contribution in [1.82, 2.24) is 0 Å². The van der Waals surface area contributed by atoms with Gasteiger partial charge < -0.3 is 4.74 Å². The molecule has 2 aromatic carbocycles. The molecule has 0 aliphatic carbocycles. The van der Waals surface area contributed by atoms with Crippen molar-refractivity contribution in [2.24, 2.45) is 0 Å². The van der Waals surface area contributed by atoms with E-state index in [-0.39, 0.29) is 5.38 Å². The average Bonchev–Trinajstić information content (AvgIpc) is 2.44. The standard InChI is InChI=1S/C16H14Br2Cl2O/c1-8-6-11(17)9(2)14(16(8)21-3)15(20)10-4-5-13(19)12(18)7-10/h4-7,15H,1-3H3. The minimum Gasteiger partial charge on any atom is -0.496 e. The van der Waals surface area contributed by atoms with Gasteiger partial charge in [0.1, 0.15) is 5.75 Å². The molecule has 5 heteroatoms. The van der Waals surface area contributed by atoms with Crippen LogP contribution in [0.2, 0.25) is 5.02 Å². The van der Waals surface area contributed by atoms with Crippen LogP contribution in [0.1, 0.15) is 27.6 Å². The van der Waals surface area contributed by atoms with Crippen LogP contribution in [0.3, 0.4) is 0 Å². The number of hydrogen-bond acceptors (Lipinski definition) is 1. The van der Waals surface area contributed by atoms with Crippen LogP contribution < -0.4 is 4.74 Å².